The van der Waals surface area contributed by atoms with Crippen molar-refractivity contribution in [2.75, 3.05) is 20.7 Å². The van der Waals surface area contributed by atoms with Crippen molar-refractivity contribution in [1.29, 1.82) is 0 Å². The molecule has 1 aliphatic carbocycles. The van der Waals surface area contributed by atoms with E-state index in [1.807, 2.05) is 7.05 Å². The molecule has 2 nitrogen and oxygen atoms in total. The molecule has 0 heterocycles. The van der Waals surface area contributed by atoms with Crippen LogP contribution in [0.25, 0.3) is 0 Å². The Kier molecular flexibility index (Phi) is 3.20. The molecule has 0 saturated heterocycles. The zero-order valence-electron chi connectivity index (χ0n) is 10.5. The topological polar surface area (TPSA) is 21.3 Å². The van der Waals surface area contributed by atoms with Gasteiger partial charge in [-0.1, -0.05) is 12.1 Å². The van der Waals surface area contributed by atoms with Gasteiger partial charge in [0, 0.05) is 6.54 Å². The van der Waals surface area contributed by atoms with Crippen molar-refractivity contribution in [3.05, 3.63) is 29.3 Å². The van der Waals surface area contributed by atoms with Gasteiger partial charge in [-0.05, 0) is 55.8 Å². The minimum absolute atomic E-state index is 0.537. The predicted molar refractivity (Wildman–Crippen MR) is 67.0 cm³/mol. The highest BCUT2D eigenvalue weighted by molar-refractivity contribution is 5.36. The summed E-state index contributed by atoms with van der Waals surface area (Å²) in [5.41, 5.74) is 3.21. The number of rotatable bonds is 5. The number of hydrogen-bond donors (Lipinski definition) is 1. The van der Waals surface area contributed by atoms with E-state index >= 15 is 0 Å². The third-order valence-corrected chi connectivity index (χ3v) is 3.55. The Hall–Kier alpha value is -1.02. The van der Waals surface area contributed by atoms with Gasteiger partial charge >= 0.3 is 0 Å². The van der Waals surface area contributed by atoms with Crippen molar-refractivity contribution in [3.8, 4) is 5.75 Å². The monoisotopic (exact) mass is 219 g/mol. The highest BCUT2D eigenvalue weighted by Crippen LogP contribution is 2.47. The van der Waals surface area contributed by atoms with Crippen molar-refractivity contribution in [3.63, 3.8) is 0 Å². The van der Waals surface area contributed by atoms with E-state index in [1.165, 1.54) is 30.4 Å². The molecule has 0 bridgehead atoms. The first kappa shape index (κ1) is 11.5. The first-order valence-electron chi connectivity index (χ1n) is 5.97. The summed E-state index contributed by atoms with van der Waals surface area (Å²) in [5, 5.41) is 3.30. The quantitative estimate of drug-likeness (QED) is 0.821. The highest BCUT2D eigenvalue weighted by atomic mass is 16.5. The first-order valence-corrected chi connectivity index (χ1v) is 5.97. The van der Waals surface area contributed by atoms with Gasteiger partial charge < -0.3 is 10.1 Å². The van der Waals surface area contributed by atoms with Crippen LogP contribution in [-0.2, 0) is 6.42 Å². The minimum Gasteiger partial charge on any atom is -0.496 e. The van der Waals surface area contributed by atoms with Gasteiger partial charge in [0.1, 0.15) is 5.75 Å². The Bertz CT molecular complexity index is 369. The van der Waals surface area contributed by atoms with Crippen LogP contribution in [0.3, 0.4) is 0 Å². The zero-order chi connectivity index (χ0) is 11.6. The first-order chi connectivity index (χ1) is 7.69. The second kappa shape index (κ2) is 4.46. The molecular formula is C14H21NO. The summed E-state index contributed by atoms with van der Waals surface area (Å²) >= 11 is 0. The van der Waals surface area contributed by atoms with Crippen LogP contribution in [0.2, 0.25) is 0 Å². The van der Waals surface area contributed by atoms with E-state index in [0.717, 1.165) is 12.3 Å². The number of hydrogen-bond acceptors (Lipinski definition) is 2. The molecule has 0 amide bonds. The Balaban J connectivity index is 2.08. The average molecular weight is 219 g/mol. The number of aryl methyl sites for hydroxylation is 1. The van der Waals surface area contributed by atoms with Crippen LogP contribution in [0, 0.1) is 12.3 Å². The second-order valence-electron chi connectivity index (χ2n) is 5.01. The Morgan fingerprint density at radius 1 is 1.38 bits per heavy atom. The fraction of sp³-hybridized carbons (Fsp3) is 0.571. The molecule has 0 aliphatic heterocycles. The molecule has 1 aromatic rings. The van der Waals surface area contributed by atoms with Gasteiger partial charge in [-0.3, -0.25) is 0 Å². The van der Waals surface area contributed by atoms with Crippen molar-refractivity contribution in [2.24, 2.45) is 5.41 Å². The fourth-order valence-corrected chi connectivity index (χ4v) is 2.45. The van der Waals surface area contributed by atoms with Crippen molar-refractivity contribution < 1.29 is 4.74 Å². The van der Waals surface area contributed by atoms with E-state index in [4.69, 9.17) is 4.74 Å². The maximum Gasteiger partial charge on any atom is 0.121 e. The lowest BCUT2D eigenvalue weighted by Crippen LogP contribution is -2.21. The number of ether oxygens (including phenoxy) is 1. The van der Waals surface area contributed by atoms with Crippen LogP contribution in [0.5, 0.6) is 5.75 Å². The number of benzene rings is 1. The standard InChI is InChI=1S/C14H21NO/c1-11-8-12(4-5-13(11)16-3)9-14(6-7-14)10-15-2/h4-5,8,15H,6-7,9-10H2,1-3H3. The van der Waals surface area contributed by atoms with E-state index in [9.17, 15) is 0 Å². The molecule has 16 heavy (non-hydrogen) atoms. The molecule has 1 aliphatic rings. The molecule has 88 valence electrons. The summed E-state index contributed by atoms with van der Waals surface area (Å²) in [7, 11) is 3.77. The zero-order valence-corrected chi connectivity index (χ0v) is 10.5. The summed E-state index contributed by atoms with van der Waals surface area (Å²) in [6, 6.07) is 6.54. The lowest BCUT2D eigenvalue weighted by molar-refractivity contribution is 0.411. The molecule has 2 rings (SSSR count). The Morgan fingerprint density at radius 3 is 2.62 bits per heavy atom. The van der Waals surface area contributed by atoms with Gasteiger partial charge in [0.25, 0.3) is 0 Å². The maximum atomic E-state index is 5.28. The van der Waals surface area contributed by atoms with E-state index in [-0.39, 0.29) is 0 Å². The van der Waals surface area contributed by atoms with Gasteiger partial charge in [0.15, 0.2) is 0 Å². The van der Waals surface area contributed by atoms with E-state index < -0.39 is 0 Å². The lowest BCUT2D eigenvalue weighted by Gasteiger charge is -2.15. The smallest absolute Gasteiger partial charge is 0.121 e. The predicted octanol–water partition coefficient (Wildman–Crippen LogP) is 2.55. The largest absolute Gasteiger partial charge is 0.496 e. The molecule has 1 fully saturated rings. The normalized spacial score (nSPS) is 17.2. The minimum atomic E-state index is 0.537. The van der Waals surface area contributed by atoms with Crippen LogP contribution in [0.4, 0.5) is 0 Å². The average Bonchev–Trinajstić information content (AvgIpc) is 2.99. The molecule has 1 N–H and O–H groups in total. The molecule has 0 aromatic heterocycles. The highest BCUT2D eigenvalue weighted by Gasteiger charge is 2.41. The lowest BCUT2D eigenvalue weighted by atomic mass is 9.95. The van der Waals surface area contributed by atoms with Gasteiger partial charge in [-0.15, -0.1) is 0 Å². The molecule has 0 radical (unpaired) electrons. The van der Waals surface area contributed by atoms with E-state index in [0.29, 0.717) is 5.41 Å². The summed E-state index contributed by atoms with van der Waals surface area (Å²) in [5.74, 6) is 0.988. The number of nitrogens with one attached hydrogen (secondary N) is 1. The molecule has 1 aromatic carbocycles. The van der Waals surface area contributed by atoms with Crippen LogP contribution in [0.1, 0.15) is 24.0 Å². The third-order valence-electron chi connectivity index (χ3n) is 3.55. The van der Waals surface area contributed by atoms with Crippen LogP contribution >= 0.6 is 0 Å². The maximum absolute atomic E-state index is 5.28. The van der Waals surface area contributed by atoms with Crippen LogP contribution in [-0.4, -0.2) is 20.7 Å². The Morgan fingerprint density at radius 2 is 2.12 bits per heavy atom. The summed E-state index contributed by atoms with van der Waals surface area (Å²) < 4.78 is 5.28. The van der Waals surface area contributed by atoms with Gasteiger partial charge in [0.05, 0.1) is 7.11 Å². The van der Waals surface area contributed by atoms with Crippen molar-refractivity contribution in [1.82, 2.24) is 5.32 Å². The van der Waals surface area contributed by atoms with Crippen molar-refractivity contribution in [2.45, 2.75) is 26.2 Å². The molecule has 0 spiro atoms. The van der Waals surface area contributed by atoms with E-state index in [1.54, 1.807) is 7.11 Å². The van der Waals surface area contributed by atoms with E-state index in [2.05, 4.69) is 30.4 Å². The summed E-state index contributed by atoms with van der Waals surface area (Å²) in [4.78, 5) is 0. The second-order valence-corrected chi connectivity index (χ2v) is 5.01. The SMILES string of the molecule is CNCC1(Cc2ccc(OC)c(C)c2)CC1. The van der Waals surface area contributed by atoms with Crippen molar-refractivity contribution >= 4 is 0 Å². The third kappa shape index (κ3) is 2.38. The molecule has 1 saturated carbocycles. The molecule has 0 unspecified atom stereocenters. The number of methoxy groups -OCH3 is 1. The fourth-order valence-electron chi connectivity index (χ4n) is 2.45. The summed E-state index contributed by atoms with van der Waals surface area (Å²) in [6.45, 7) is 3.25. The van der Waals surface area contributed by atoms with Gasteiger partial charge in [-0.2, -0.15) is 0 Å². The molecule has 0 atom stereocenters. The molecular weight excluding hydrogens is 198 g/mol. The van der Waals surface area contributed by atoms with Crippen LogP contribution in [0.15, 0.2) is 18.2 Å². The van der Waals surface area contributed by atoms with Gasteiger partial charge in [0.2, 0.25) is 0 Å². The van der Waals surface area contributed by atoms with Gasteiger partial charge in [-0.25, -0.2) is 0 Å². The Labute approximate surface area is 98.0 Å². The molecule has 2 heteroatoms. The van der Waals surface area contributed by atoms with Crippen LogP contribution < -0.4 is 10.1 Å². The summed E-state index contributed by atoms with van der Waals surface area (Å²) in [6.07, 6.45) is 3.91.